The zero-order chi connectivity index (χ0) is 12.4. The van der Waals surface area contributed by atoms with E-state index in [9.17, 15) is 0 Å². The van der Waals surface area contributed by atoms with E-state index in [0.29, 0.717) is 18.2 Å². The molecule has 1 aromatic rings. The number of nitrogens with two attached hydrogens (primary N) is 1. The highest BCUT2D eigenvalue weighted by atomic mass is 16.5. The molecule has 3 nitrogen and oxygen atoms in total. The third-order valence-electron chi connectivity index (χ3n) is 3.55. The van der Waals surface area contributed by atoms with Gasteiger partial charge in [-0.25, -0.2) is 0 Å². The molecule has 1 fully saturated rings. The minimum atomic E-state index is 0.315. The molecular formula is C14H22N2O. The van der Waals surface area contributed by atoms with Crippen LogP contribution in [0.2, 0.25) is 0 Å². The Morgan fingerprint density at radius 1 is 1.41 bits per heavy atom. The Balaban J connectivity index is 2.15. The Morgan fingerprint density at radius 3 is 2.88 bits per heavy atom. The highest BCUT2D eigenvalue weighted by molar-refractivity contribution is 5.41. The molecule has 2 rings (SSSR count). The Bertz CT molecular complexity index is 380. The van der Waals surface area contributed by atoms with Gasteiger partial charge in [0.25, 0.3) is 0 Å². The van der Waals surface area contributed by atoms with Crippen LogP contribution in [0.4, 0.5) is 5.69 Å². The van der Waals surface area contributed by atoms with Gasteiger partial charge in [-0.15, -0.1) is 0 Å². The summed E-state index contributed by atoms with van der Waals surface area (Å²) >= 11 is 0. The maximum absolute atomic E-state index is 5.84. The van der Waals surface area contributed by atoms with Crippen molar-refractivity contribution < 1.29 is 4.74 Å². The van der Waals surface area contributed by atoms with Gasteiger partial charge in [0.15, 0.2) is 0 Å². The summed E-state index contributed by atoms with van der Waals surface area (Å²) in [5.41, 5.74) is 7.96. The fourth-order valence-corrected chi connectivity index (χ4v) is 2.48. The summed E-state index contributed by atoms with van der Waals surface area (Å²) in [6, 6.07) is 9.02. The molecule has 1 aliphatic heterocycles. The molecule has 94 valence electrons. The lowest BCUT2D eigenvalue weighted by Gasteiger charge is -2.40. The van der Waals surface area contributed by atoms with E-state index in [1.54, 1.807) is 0 Å². The van der Waals surface area contributed by atoms with Crippen LogP contribution >= 0.6 is 0 Å². The van der Waals surface area contributed by atoms with Crippen molar-refractivity contribution in [3.63, 3.8) is 0 Å². The third kappa shape index (κ3) is 2.79. The van der Waals surface area contributed by atoms with Crippen molar-refractivity contribution in [1.82, 2.24) is 4.90 Å². The lowest BCUT2D eigenvalue weighted by molar-refractivity contribution is -0.0640. The number of morpholine rings is 1. The summed E-state index contributed by atoms with van der Waals surface area (Å²) < 4.78 is 5.66. The van der Waals surface area contributed by atoms with Crippen molar-refractivity contribution >= 4 is 5.69 Å². The van der Waals surface area contributed by atoms with Crippen LogP contribution in [0.25, 0.3) is 0 Å². The monoisotopic (exact) mass is 234 g/mol. The van der Waals surface area contributed by atoms with Gasteiger partial charge in [0, 0.05) is 24.3 Å². The average Bonchev–Trinajstić information content (AvgIpc) is 2.31. The van der Waals surface area contributed by atoms with Crippen LogP contribution < -0.4 is 5.73 Å². The lowest BCUT2D eigenvalue weighted by Crippen LogP contribution is -2.48. The van der Waals surface area contributed by atoms with Gasteiger partial charge in [-0.2, -0.15) is 0 Å². The first kappa shape index (κ1) is 12.4. The van der Waals surface area contributed by atoms with E-state index in [2.05, 4.69) is 37.8 Å². The number of hydrogen-bond acceptors (Lipinski definition) is 3. The molecule has 3 heteroatoms. The van der Waals surface area contributed by atoms with Gasteiger partial charge in [0.05, 0.1) is 12.7 Å². The Labute approximate surface area is 104 Å². The molecule has 0 aliphatic carbocycles. The predicted molar refractivity (Wildman–Crippen MR) is 70.9 cm³/mol. The molecule has 0 saturated carbocycles. The summed E-state index contributed by atoms with van der Waals surface area (Å²) in [6.45, 7) is 8.38. The van der Waals surface area contributed by atoms with E-state index >= 15 is 0 Å². The smallest absolute Gasteiger partial charge is 0.0675 e. The number of anilines is 1. The number of nitrogens with zero attached hydrogens (tertiary/aromatic N) is 1. The summed E-state index contributed by atoms with van der Waals surface area (Å²) in [5, 5.41) is 0. The molecule has 3 atom stereocenters. The van der Waals surface area contributed by atoms with Crippen molar-refractivity contribution in [3.8, 4) is 0 Å². The molecule has 0 amide bonds. The van der Waals surface area contributed by atoms with Crippen molar-refractivity contribution in [2.75, 3.05) is 18.9 Å². The SMILES string of the molecule is CC1CN(C(C)c2cccc(N)c2)C(C)CO1. The number of benzene rings is 1. The van der Waals surface area contributed by atoms with Gasteiger partial charge >= 0.3 is 0 Å². The number of rotatable bonds is 2. The van der Waals surface area contributed by atoms with Crippen LogP contribution in [-0.4, -0.2) is 30.2 Å². The van der Waals surface area contributed by atoms with Crippen molar-refractivity contribution in [1.29, 1.82) is 0 Å². The van der Waals surface area contributed by atoms with Gasteiger partial charge < -0.3 is 10.5 Å². The van der Waals surface area contributed by atoms with E-state index in [4.69, 9.17) is 10.5 Å². The maximum Gasteiger partial charge on any atom is 0.0675 e. The molecule has 3 unspecified atom stereocenters. The van der Waals surface area contributed by atoms with Crippen LogP contribution in [0.15, 0.2) is 24.3 Å². The number of hydrogen-bond donors (Lipinski definition) is 1. The molecule has 1 heterocycles. The van der Waals surface area contributed by atoms with E-state index in [1.165, 1.54) is 5.56 Å². The first-order valence-corrected chi connectivity index (χ1v) is 6.30. The standard InChI is InChI=1S/C14H22N2O/c1-10-9-17-11(2)8-16(10)12(3)13-5-4-6-14(15)7-13/h4-7,10-12H,8-9,15H2,1-3H3. The second kappa shape index (κ2) is 5.07. The zero-order valence-corrected chi connectivity index (χ0v) is 10.9. The molecule has 0 aromatic heterocycles. The lowest BCUT2D eigenvalue weighted by atomic mass is 10.0. The van der Waals surface area contributed by atoms with Gasteiger partial charge in [-0.05, 0) is 38.5 Å². The molecule has 0 radical (unpaired) electrons. The van der Waals surface area contributed by atoms with E-state index in [0.717, 1.165) is 18.8 Å². The highest BCUT2D eigenvalue weighted by Gasteiger charge is 2.27. The van der Waals surface area contributed by atoms with Gasteiger partial charge in [-0.3, -0.25) is 4.90 Å². The summed E-state index contributed by atoms with van der Waals surface area (Å²) in [5.74, 6) is 0. The molecule has 0 spiro atoms. The highest BCUT2D eigenvalue weighted by Crippen LogP contribution is 2.26. The van der Waals surface area contributed by atoms with Gasteiger partial charge in [-0.1, -0.05) is 12.1 Å². The Hall–Kier alpha value is -1.06. The van der Waals surface area contributed by atoms with Crippen molar-refractivity contribution in [3.05, 3.63) is 29.8 Å². The second-order valence-electron chi connectivity index (χ2n) is 5.04. The molecular weight excluding hydrogens is 212 g/mol. The van der Waals surface area contributed by atoms with E-state index in [-0.39, 0.29) is 0 Å². The Morgan fingerprint density at radius 2 is 2.18 bits per heavy atom. The molecule has 1 aliphatic rings. The zero-order valence-electron chi connectivity index (χ0n) is 10.9. The number of nitrogen functional groups attached to an aromatic ring is 1. The minimum absolute atomic E-state index is 0.315. The molecule has 1 aromatic carbocycles. The third-order valence-corrected chi connectivity index (χ3v) is 3.55. The van der Waals surface area contributed by atoms with Gasteiger partial charge in [0.1, 0.15) is 0 Å². The fraction of sp³-hybridized carbons (Fsp3) is 0.571. The van der Waals surface area contributed by atoms with Crippen molar-refractivity contribution in [2.24, 2.45) is 0 Å². The first-order chi connectivity index (χ1) is 8.08. The van der Waals surface area contributed by atoms with Crippen LogP contribution in [0.1, 0.15) is 32.4 Å². The average molecular weight is 234 g/mol. The predicted octanol–water partition coefficient (Wildman–Crippen LogP) is 2.44. The minimum Gasteiger partial charge on any atom is -0.399 e. The molecule has 2 N–H and O–H groups in total. The summed E-state index contributed by atoms with van der Waals surface area (Å²) in [7, 11) is 0. The van der Waals surface area contributed by atoms with Crippen LogP contribution in [-0.2, 0) is 4.74 Å². The van der Waals surface area contributed by atoms with Crippen molar-refractivity contribution in [2.45, 2.75) is 39.0 Å². The molecule has 0 bridgehead atoms. The largest absolute Gasteiger partial charge is 0.399 e. The Kier molecular flexibility index (Phi) is 3.69. The quantitative estimate of drug-likeness (QED) is 0.799. The second-order valence-corrected chi connectivity index (χ2v) is 5.04. The van der Waals surface area contributed by atoms with Crippen LogP contribution in [0.5, 0.6) is 0 Å². The van der Waals surface area contributed by atoms with E-state index in [1.807, 2.05) is 12.1 Å². The number of ether oxygens (including phenoxy) is 1. The van der Waals surface area contributed by atoms with E-state index < -0.39 is 0 Å². The summed E-state index contributed by atoms with van der Waals surface area (Å²) in [4.78, 5) is 2.49. The summed E-state index contributed by atoms with van der Waals surface area (Å²) in [6.07, 6.45) is 0.315. The fourth-order valence-electron chi connectivity index (χ4n) is 2.48. The van der Waals surface area contributed by atoms with Gasteiger partial charge in [0.2, 0.25) is 0 Å². The molecule has 1 saturated heterocycles. The van der Waals surface area contributed by atoms with Crippen LogP contribution in [0.3, 0.4) is 0 Å². The normalized spacial score (nSPS) is 27.9. The first-order valence-electron chi connectivity index (χ1n) is 6.30. The maximum atomic E-state index is 5.84. The van der Waals surface area contributed by atoms with Crippen LogP contribution in [0, 0.1) is 0 Å². The molecule has 17 heavy (non-hydrogen) atoms. The topological polar surface area (TPSA) is 38.5 Å².